The van der Waals surface area contributed by atoms with Crippen LogP contribution in [0.4, 0.5) is 5.82 Å². The highest BCUT2D eigenvalue weighted by Gasteiger charge is 1.83. The third kappa shape index (κ3) is 2.71. The lowest BCUT2D eigenvalue weighted by atomic mass is 10.5. The van der Waals surface area contributed by atoms with Crippen molar-refractivity contribution in [3.8, 4) is 0 Å². The standard InChI is InChI=1S/C8H11N3/c1-2-6-10-11-8-5-3-4-7-9-8/h2-7,10H,1H3,(H,9,11). The highest BCUT2D eigenvalue weighted by molar-refractivity contribution is 5.31. The monoisotopic (exact) mass is 149 g/mol. The van der Waals surface area contributed by atoms with E-state index in [4.69, 9.17) is 0 Å². The van der Waals surface area contributed by atoms with E-state index >= 15 is 0 Å². The fourth-order valence-electron chi connectivity index (χ4n) is 0.636. The lowest BCUT2D eigenvalue weighted by Crippen LogP contribution is -2.14. The maximum atomic E-state index is 4.04. The van der Waals surface area contributed by atoms with Gasteiger partial charge in [-0.25, -0.2) is 4.98 Å². The van der Waals surface area contributed by atoms with Crippen LogP contribution in [-0.4, -0.2) is 4.98 Å². The van der Waals surface area contributed by atoms with Crippen LogP contribution in [0.25, 0.3) is 0 Å². The normalized spacial score (nSPS) is 9.91. The molecule has 0 aliphatic heterocycles. The topological polar surface area (TPSA) is 37.0 Å². The molecule has 0 atom stereocenters. The number of rotatable bonds is 3. The average molecular weight is 149 g/mol. The SMILES string of the molecule is CC=CNNc1ccccn1. The third-order valence-electron chi connectivity index (χ3n) is 1.12. The summed E-state index contributed by atoms with van der Waals surface area (Å²) in [5.41, 5.74) is 5.76. The Morgan fingerprint density at radius 1 is 1.45 bits per heavy atom. The molecule has 0 amide bonds. The summed E-state index contributed by atoms with van der Waals surface area (Å²) >= 11 is 0. The number of allylic oxidation sites excluding steroid dienone is 1. The zero-order valence-electron chi connectivity index (χ0n) is 6.41. The Balaban J connectivity index is 2.39. The van der Waals surface area contributed by atoms with Crippen LogP contribution in [0.3, 0.4) is 0 Å². The van der Waals surface area contributed by atoms with Crippen molar-refractivity contribution in [3.63, 3.8) is 0 Å². The first kappa shape index (κ1) is 7.60. The number of aromatic nitrogens is 1. The molecule has 2 N–H and O–H groups in total. The fourth-order valence-corrected chi connectivity index (χ4v) is 0.636. The van der Waals surface area contributed by atoms with Crippen LogP contribution in [0, 0.1) is 0 Å². The van der Waals surface area contributed by atoms with Crippen LogP contribution in [0.5, 0.6) is 0 Å². The minimum absolute atomic E-state index is 0.811. The molecule has 1 heterocycles. The summed E-state index contributed by atoms with van der Waals surface area (Å²) in [5.74, 6) is 0.811. The summed E-state index contributed by atoms with van der Waals surface area (Å²) in [7, 11) is 0. The van der Waals surface area contributed by atoms with Crippen molar-refractivity contribution < 1.29 is 0 Å². The third-order valence-corrected chi connectivity index (χ3v) is 1.12. The maximum Gasteiger partial charge on any atom is 0.144 e. The van der Waals surface area contributed by atoms with E-state index in [-0.39, 0.29) is 0 Å². The Kier molecular flexibility index (Phi) is 2.99. The molecule has 0 saturated heterocycles. The highest BCUT2D eigenvalue weighted by Crippen LogP contribution is 1.96. The second-order valence-corrected chi connectivity index (χ2v) is 1.98. The number of anilines is 1. The molecule has 3 heteroatoms. The summed E-state index contributed by atoms with van der Waals surface area (Å²) in [6.07, 6.45) is 5.43. The van der Waals surface area contributed by atoms with Gasteiger partial charge in [-0.1, -0.05) is 12.1 Å². The molecule has 1 rings (SSSR count). The van der Waals surface area contributed by atoms with E-state index in [1.165, 1.54) is 0 Å². The molecule has 0 saturated carbocycles. The van der Waals surface area contributed by atoms with Crippen LogP contribution in [0.2, 0.25) is 0 Å². The molecular formula is C8H11N3. The van der Waals surface area contributed by atoms with E-state index in [0.717, 1.165) is 5.82 Å². The molecule has 0 aromatic carbocycles. The van der Waals surface area contributed by atoms with Crippen molar-refractivity contribution in [3.05, 3.63) is 36.7 Å². The van der Waals surface area contributed by atoms with E-state index in [0.29, 0.717) is 0 Å². The largest absolute Gasteiger partial charge is 0.307 e. The molecule has 0 radical (unpaired) electrons. The average Bonchev–Trinajstić information content (AvgIpc) is 2.07. The van der Waals surface area contributed by atoms with E-state index in [9.17, 15) is 0 Å². The highest BCUT2D eigenvalue weighted by atomic mass is 15.4. The predicted octanol–water partition coefficient (Wildman–Crippen LogP) is 1.53. The van der Waals surface area contributed by atoms with Gasteiger partial charge in [-0.2, -0.15) is 0 Å². The Bertz CT molecular complexity index is 218. The van der Waals surface area contributed by atoms with Gasteiger partial charge in [0.05, 0.1) is 0 Å². The second-order valence-electron chi connectivity index (χ2n) is 1.98. The molecule has 0 aliphatic rings. The molecular weight excluding hydrogens is 138 g/mol. The van der Waals surface area contributed by atoms with Crippen molar-refractivity contribution in [2.75, 3.05) is 5.43 Å². The molecule has 0 unspecified atom stereocenters. The first-order valence-electron chi connectivity index (χ1n) is 3.47. The van der Waals surface area contributed by atoms with Crippen molar-refractivity contribution >= 4 is 5.82 Å². The predicted molar refractivity (Wildman–Crippen MR) is 45.8 cm³/mol. The van der Waals surface area contributed by atoms with E-state index in [1.807, 2.05) is 31.2 Å². The minimum Gasteiger partial charge on any atom is -0.307 e. The molecule has 0 fully saturated rings. The van der Waals surface area contributed by atoms with Crippen LogP contribution in [0.15, 0.2) is 36.7 Å². The van der Waals surface area contributed by atoms with Gasteiger partial charge in [0.2, 0.25) is 0 Å². The Hall–Kier alpha value is -1.51. The van der Waals surface area contributed by atoms with Crippen molar-refractivity contribution in [2.45, 2.75) is 6.92 Å². The summed E-state index contributed by atoms with van der Waals surface area (Å²) < 4.78 is 0. The summed E-state index contributed by atoms with van der Waals surface area (Å²) in [4.78, 5) is 4.04. The molecule has 11 heavy (non-hydrogen) atoms. The van der Waals surface area contributed by atoms with Crippen LogP contribution < -0.4 is 10.9 Å². The van der Waals surface area contributed by atoms with Gasteiger partial charge < -0.3 is 5.43 Å². The molecule has 0 spiro atoms. The minimum atomic E-state index is 0.811. The summed E-state index contributed by atoms with van der Waals surface area (Å²) in [6, 6.07) is 5.68. The molecule has 1 aromatic rings. The number of pyridine rings is 1. The molecule has 3 nitrogen and oxygen atoms in total. The smallest absolute Gasteiger partial charge is 0.144 e. The first-order chi connectivity index (χ1) is 5.43. The zero-order chi connectivity index (χ0) is 7.94. The quantitative estimate of drug-likeness (QED) is 0.640. The van der Waals surface area contributed by atoms with Gasteiger partial charge in [-0.05, 0) is 19.1 Å². The van der Waals surface area contributed by atoms with Gasteiger partial charge in [-0.15, -0.1) is 0 Å². The Labute approximate surface area is 66.1 Å². The molecule has 58 valence electrons. The molecule has 1 aromatic heterocycles. The van der Waals surface area contributed by atoms with Crippen LogP contribution in [0.1, 0.15) is 6.92 Å². The summed E-state index contributed by atoms with van der Waals surface area (Å²) in [5, 5.41) is 0. The lowest BCUT2D eigenvalue weighted by molar-refractivity contribution is 1.03. The number of hydrogen-bond donors (Lipinski definition) is 2. The zero-order valence-corrected chi connectivity index (χ0v) is 6.41. The van der Waals surface area contributed by atoms with Gasteiger partial charge >= 0.3 is 0 Å². The van der Waals surface area contributed by atoms with Crippen molar-refractivity contribution in [2.24, 2.45) is 0 Å². The number of hydrogen-bond acceptors (Lipinski definition) is 3. The van der Waals surface area contributed by atoms with Gasteiger partial charge in [0.25, 0.3) is 0 Å². The van der Waals surface area contributed by atoms with Gasteiger partial charge in [0.1, 0.15) is 5.82 Å². The number of nitrogens with zero attached hydrogens (tertiary/aromatic N) is 1. The van der Waals surface area contributed by atoms with E-state index < -0.39 is 0 Å². The molecule has 0 aliphatic carbocycles. The maximum absolute atomic E-state index is 4.04. The van der Waals surface area contributed by atoms with Gasteiger partial charge in [-0.3, -0.25) is 5.43 Å². The summed E-state index contributed by atoms with van der Waals surface area (Å²) in [6.45, 7) is 1.94. The van der Waals surface area contributed by atoms with Crippen LogP contribution in [-0.2, 0) is 0 Å². The Morgan fingerprint density at radius 2 is 2.36 bits per heavy atom. The van der Waals surface area contributed by atoms with Crippen molar-refractivity contribution in [1.82, 2.24) is 10.4 Å². The fraction of sp³-hybridized carbons (Fsp3) is 0.125. The van der Waals surface area contributed by atoms with E-state index in [1.54, 1.807) is 12.4 Å². The first-order valence-corrected chi connectivity index (χ1v) is 3.47. The van der Waals surface area contributed by atoms with Gasteiger partial charge in [0.15, 0.2) is 0 Å². The second kappa shape index (κ2) is 4.33. The number of hydrazine groups is 1. The lowest BCUT2D eigenvalue weighted by Gasteiger charge is -2.02. The number of nitrogens with one attached hydrogen (secondary N) is 2. The molecule has 0 bridgehead atoms. The Morgan fingerprint density at radius 3 is 3.00 bits per heavy atom. The van der Waals surface area contributed by atoms with Crippen molar-refractivity contribution in [1.29, 1.82) is 0 Å². The van der Waals surface area contributed by atoms with Crippen LogP contribution >= 0.6 is 0 Å². The van der Waals surface area contributed by atoms with E-state index in [2.05, 4.69) is 15.8 Å². The van der Waals surface area contributed by atoms with Gasteiger partial charge in [0, 0.05) is 12.4 Å².